The van der Waals surface area contributed by atoms with Crippen molar-refractivity contribution < 1.29 is 4.79 Å². The van der Waals surface area contributed by atoms with E-state index in [1.54, 1.807) is 0 Å². The molecule has 3 heterocycles. The van der Waals surface area contributed by atoms with Crippen LogP contribution in [0.3, 0.4) is 0 Å². The number of rotatable bonds is 3. The Morgan fingerprint density at radius 2 is 2.00 bits per heavy atom. The summed E-state index contributed by atoms with van der Waals surface area (Å²) in [6.07, 6.45) is 7.05. The van der Waals surface area contributed by atoms with Crippen molar-refractivity contribution in [3.63, 3.8) is 0 Å². The predicted octanol–water partition coefficient (Wildman–Crippen LogP) is 1.57. The topological polar surface area (TPSA) is 50.2 Å². The van der Waals surface area contributed by atoms with Gasteiger partial charge in [-0.05, 0) is 37.8 Å². The SMILES string of the molecule is Cl.Cl.O=C(C1CCNC1)N1CCC(Cn2cccn2)CC1. The largest absolute Gasteiger partial charge is 0.342 e. The van der Waals surface area contributed by atoms with Crippen molar-refractivity contribution in [1.82, 2.24) is 20.0 Å². The molecule has 0 aliphatic carbocycles. The molecule has 0 spiro atoms. The van der Waals surface area contributed by atoms with Gasteiger partial charge in [-0.3, -0.25) is 9.48 Å². The summed E-state index contributed by atoms with van der Waals surface area (Å²) in [4.78, 5) is 14.4. The molecule has 1 aromatic rings. The fourth-order valence-corrected chi connectivity index (χ4v) is 3.13. The van der Waals surface area contributed by atoms with Gasteiger partial charge in [-0.15, -0.1) is 24.8 Å². The molecule has 2 aliphatic rings. The second-order valence-electron chi connectivity index (χ2n) is 5.69. The Hall–Kier alpha value is -0.780. The second kappa shape index (κ2) is 8.61. The van der Waals surface area contributed by atoms with Crippen molar-refractivity contribution in [1.29, 1.82) is 0 Å². The zero-order valence-electron chi connectivity index (χ0n) is 12.1. The van der Waals surface area contributed by atoms with E-state index in [-0.39, 0.29) is 30.7 Å². The summed E-state index contributed by atoms with van der Waals surface area (Å²) in [7, 11) is 0. The summed E-state index contributed by atoms with van der Waals surface area (Å²) in [5, 5.41) is 7.53. The minimum atomic E-state index is 0. The molecule has 5 nitrogen and oxygen atoms in total. The van der Waals surface area contributed by atoms with Gasteiger partial charge >= 0.3 is 0 Å². The number of halogens is 2. The zero-order valence-corrected chi connectivity index (χ0v) is 13.7. The van der Waals surface area contributed by atoms with Crippen LogP contribution in [0.4, 0.5) is 0 Å². The Bertz CT molecular complexity index is 413. The summed E-state index contributed by atoms with van der Waals surface area (Å²) in [5.41, 5.74) is 0. The van der Waals surface area contributed by atoms with Crippen molar-refractivity contribution in [2.24, 2.45) is 11.8 Å². The molecular weight excluding hydrogens is 311 g/mol. The van der Waals surface area contributed by atoms with Crippen LogP contribution in [-0.4, -0.2) is 46.8 Å². The molecule has 1 aromatic heterocycles. The van der Waals surface area contributed by atoms with Crippen LogP contribution in [0.2, 0.25) is 0 Å². The lowest BCUT2D eigenvalue weighted by molar-refractivity contribution is -0.136. The molecule has 0 bridgehead atoms. The number of aromatic nitrogens is 2. The van der Waals surface area contributed by atoms with Gasteiger partial charge in [-0.25, -0.2) is 0 Å². The summed E-state index contributed by atoms with van der Waals surface area (Å²) >= 11 is 0. The van der Waals surface area contributed by atoms with Crippen molar-refractivity contribution in [3.05, 3.63) is 18.5 Å². The van der Waals surface area contributed by atoms with Crippen molar-refractivity contribution in [2.75, 3.05) is 26.2 Å². The molecule has 120 valence electrons. The standard InChI is InChI=1S/C14H22N4O.2ClH/c19-14(13-2-6-15-10-13)17-8-3-12(4-9-17)11-18-7-1-5-16-18;;/h1,5,7,12-13,15H,2-4,6,8-11H2;2*1H. The lowest BCUT2D eigenvalue weighted by atomic mass is 9.95. The van der Waals surface area contributed by atoms with E-state index in [2.05, 4.69) is 15.3 Å². The first-order valence-corrected chi connectivity index (χ1v) is 7.30. The number of carbonyl (C=O) groups is 1. The van der Waals surface area contributed by atoms with Gasteiger partial charge in [0.05, 0.1) is 5.92 Å². The van der Waals surface area contributed by atoms with Gasteiger partial charge in [0.1, 0.15) is 0 Å². The van der Waals surface area contributed by atoms with Gasteiger partial charge in [0.15, 0.2) is 0 Å². The van der Waals surface area contributed by atoms with Gasteiger partial charge in [-0.1, -0.05) is 0 Å². The summed E-state index contributed by atoms with van der Waals surface area (Å²) in [6, 6.07) is 1.96. The molecule has 1 N–H and O–H groups in total. The van der Waals surface area contributed by atoms with Crippen LogP contribution >= 0.6 is 24.8 Å². The molecule has 2 aliphatic heterocycles. The average molecular weight is 335 g/mol. The van der Waals surface area contributed by atoms with Crippen LogP contribution < -0.4 is 5.32 Å². The quantitative estimate of drug-likeness (QED) is 0.912. The lowest BCUT2D eigenvalue weighted by Crippen LogP contribution is -2.42. The highest BCUT2D eigenvalue weighted by Gasteiger charge is 2.29. The van der Waals surface area contributed by atoms with Crippen LogP contribution in [0.25, 0.3) is 0 Å². The Morgan fingerprint density at radius 3 is 2.57 bits per heavy atom. The maximum Gasteiger partial charge on any atom is 0.227 e. The van der Waals surface area contributed by atoms with E-state index in [1.165, 1.54) is 0 Å². The first-order chi connectivity index (χ1) is 9.33. The first kappa shape index (κ1) is 18.3. The third kappa shape index (κ3) is 4.59. The molecule has 1 atom stereocenters. The maximum absolute atomic E-state index is 12.3. The normalized spacial score (nSPS) is 22.5. The predicted molar refractivity (Wildman–Crippen MR) is 87.0 cm³/mol. The highest BCUT2D eigenvalue weighted by molar-refractivity contribution is 5.85. The third-order valence-corrected chi connectivity index (χ3v) is 4.34. The minimum Gasteiger partial charge on any atom is -0.342 e. The van der Waals surface area contributed by atoms with E-state index in [0.29, 0.717) is 11.8 Å². The maximum atomic E-state index is 12.3. The molecule has 0 radical (unpaired) electrons. The number of hydrogen-bond donors (Lipinski definition) is 1. The van der Waals surface area contributed by atoms with Crippen LogP contribution in [0.1, 0.15) is 19.3 Å². The molecule has 7 heteroatoms. The Labute approximate surface area is 138 Å². The van der Waals surface area contributed by atoms with Gasteiger partial charge in [0, 0.05) is 38.6 Å². The second-order valence-corrected chi connectivity index (χ2v) is 5.69. The number of hydrogen-bond acceptors (Lipinski definition) is 3. The molecule has 0 aromatic carbocycles. The summed E-state index contributed by atoms with van der Waals surface area (Å²) < 4.78 is 2.00. The van der Waals surface area contributed by atoms with Gasteiger partial charge in [0.25, 0.3) is 0 Å². The summed E-state index contributed by atoms with van der Waals surface area (Å²) in [6.45, 7) is 4.68. The van der Waals surface area contributed by atoms with Crippen molar-refractivity contribution in [3.8, 4) is 0 Å². The Morgan fingerprint density at radius 1 is 1.24 bits per heavy atom. The van der Waals surface area contributed by atoms with E-state index in [4.69, 9.17) is 0 Å². The highest BCUT2D eigenvalue weighted by Crippen LogP contribution is 2.21. The van der Waals surface area contributed by atoms with E-state index in [1.807, 2.05) is 23.1 Å². The highest BCUT2D eigenvalue weighted by atomic mass is 35.5. The average Bonchev–Trinajstić information content (AvgIpc) is 3.12. The number of amides is 1. The van der Waals surface area contributed by atoms with Crippen LogP contribution in [0, 0.1) is 11.8 Å². The molecule has 2 saturated heterocycles. The third-order valence-electron chi connectivity index (χ3n) is 4.34. The number of nitrogens with zero attached hydrogens (tertiary/aromatic N) is 3. The zero-order chi connectivity index (χ0) is 13.1. The number of nitrogens with one attached hydrogen (secondary N) is 1. The van der Waals surface area contributed by atoms with E-state index < -0.39 is 0 Å². The van der Waals surface area contributed by atoms with Gasteiger partial charge in [0.2, 0.25) is 5.91 Å². The Kier molecular flexibility index (Phi) is 7.49. The molecule has 3 rings (SSSR count). The smallest absolute Gasteiger partial charge is 0.227 e. The minimum absolute atomic E-state index is 0. The monoisotopic (exact) mass is 334 g/mol. The molecule has 0 saturated carbocycles. The van der Waals surface area contributed by atoms with Crippen LogP contribution in [0.15, 0.2) is 18.5 Å². The molecule has 21 heavy (non-hydrogen) atoms. The van der Waals surface area contributed by atoms with E-state index in [0.717, 1.165) is 52.0 Å². The van der Waals surface area contributed by atoms with E-state index >= 15 is 0 Å². The first-order valence-electron chi connectivity index (χ1n) is 7.30. The Balaban J connectivity index is 0.00000110. The number of likely N-dealkylation sites (tertiary alicyclic amines) is 1. The fraction of sp³-hybridized carbons (Fsp3) is 0.714. The van der Waals surface area contributed by atoms with Crippen LogP contribution in [-0.2, 0) is 11.3 Å². The van der Waals surface area contributed by atoms with Gasteiger partial charge in [-0.2, -0.15) is 5.10 Å². The van der Waals surface area contributed by atoms with Gasteiger partial charge < -0.3 is 10.2 Å². The molecule has 2 fully saturated rings. The van der Waals surface area contributed by atoms with Crippen molar-refractivity contribution in [2.45, 2.75) is 25.8 Å². The molecular formula is C14H24Cl2N4O. The van der Waals surface area contributed by atoms with Crippen molar-refractivity contribution >= 4 is 30.7 Å². The molecule has 1 amide bonds. The number of carbonyl (C=O) groups excluding carboxylic acids is 1. The molecule has 1 unspecified atom stereocenters. The van der Waals surface area contributed by atoms with E-state index in [9.17, 15) is 4.79 Å². The van der Waals surface area contributed by atoms with Crippen LogP contribution in [0.5, 0.6) is 0 Å². The lowest BCUT2D eigenvalue weighted by Gasteiger charge is -2.33. The fourth-order valence-electron chi connectivity index (χ4n) is 3.13. The summed E-state index contributed by atoms with van der Waals surface area (Å²) in [5.74, 6) is 1.25. The number of piperidine rings is 1.